The van der Waals surface area contributed by atoms with Crippen LogP contribution < -0.4 is 10.1 Å². The molecule has 5 rings (SSSR count). The number of fused-ring (bicyclic) bond motifs is 4. The molecule has 1 atom stereocenters. The van der Waals surface area contributed by atoms with Crippen molar-refractivity contribution in [3.63, 3.8) is 0 Å². The number of hydrogen-bond donors (Lipinski definition) is 1. The minimum atomic E-state index is -0.102. The van der Waals surface area contributed by atoms with Crippen LogP contribution in [0.3, 0.4) is 0 Å². The average Bonchev–Trinajstić information content (AvgIpc) is 3.28. The smallest absolute Gasteiger partial charge is 0.258 e. The van der Waals surface area contributed by atoms with Crippen LogP contribution >= 0.6 is 11.3 Å². The lowest BCUT2D eigenvalue weighted by Crippen LogP contribution is -2.34. The van der Waals surface area contributed by atoms with Crippen LogP contribution in [-0.2, 0) is 24.1 Å². The zero-order valence-electron chi connectivity index (χ0n) is 15.0. The van der Waals surface area contributed by atoms with Crippen LogP contribution in [0.5, 0.6) is 5.88 Å². The summed E-state index contributed by atoms with van der Waals surface area (Å²) in [6, 6.07) is 8.43. The molecule has 6 heteroatoms. The van der Waals surface area contributed by atoms with Crippen molar-refractivity contribution in [2.45, 2.75) is 44.6 Å². The second-order valence-electron chi connectivity index (χ2n) is 7.22. The Morgan fingerprint density at radius 3 is 3.07 bits per heavy atom. The fraction of sp³-hybridized carbons (Fsp3) is 0.381. The van der Waals surface area contributed by atoms with E-state index >= 15 is 0 Å². The van der Waals surface area contributed by atoms with Crippen molar-refractivity contribution < 1.29 is 9.53 Å². The number of hydrogen-bond acceptors (Lipinski definition) is 5. The summed E-state index contributed by atoms with van der Waals surface area (Å²) in [5, 5.41) is 4.14. The number of ether oxygens (including phenoxy) is 1. The highest BCUT2D eigenvalue weighted by Gasteiger charge is 2.24. The van der Waals surface area contributed by atoms with Crippen LogP contribution in [0, 0.1) is 0 Å². The summed E-state index contributed by atoms with van der Waals surface area (Å²) in [7, 11) is 0. The van der Waals surface area contributed by atoms with Gasteiger partial charge < -0.3 is 10.1 Å². The molecule has 1 amide bonds. The standard InChI is InChI=1S/C21H21N3O2S/c25-18(24-16-9-3-6-13-5-1-2-7-14(13)16)11-26-20-19-15-8-4-10-17(15)27-21(19)23-12-22-20/h1-2,5,7,12,16H,3-4,6,8-11H2,(H,24,25)/t16-/m1/s1. The molecule has 0 bridgehead atoms. The molecule has 2 aromatic heterocycles. The van der Waals surface area contributed by atoms with E-state index in [0.29, 0.717) is 5.88 Å². The van der Waals surface area contributed by atoms with Crippen LogP contribution in [0.4, 0.5) is 0 Å². The van der Waals surface area contributed by atoms with Crippen molar-refractivity contribution in [2.24, 2.45) is 0 Å². The highest BCUT2D eigenvalue weighted by Crippen LogP contribution is 2.39. The molecule has 0 saturated heterocycles. The zero-order chi connectivity index (χ0) is 18.2. The number of carbonyl (C=O) groups excluding carboxylic acids is 1. The molecule has 5 nitrogen and oxygen atoms in total. The third-order valence-corrected chi connectivity index (χ3v) is 6.71. The molecule has 0 radical (unpaired) electrons. The van der Waals surface area contributed by atoms with Crippen molar-refractivity contribution in [1.82, 2.24) is 15.3 Å². The Labute approximate surface area is 161 Å². The maximum absolute atomic E-state index is 12.5. The summed E-state index contributed by atoms with van der Waals surface area (Å²) >= 11 is 1.72. The van der Waals surface area contributed by atoms with Gasteiger partial charge in [-0.2, -0.15) is 0 Å². The SMILES string of the molecule is O=C(COc1ncnc2sc3c(c12)CCC3)N[C@@H]1CCCc2ccccc21. The molecule has 2 aliphatic rings. The van der Waals surface area contributed by atoms with Crippen molar-refractivity contribution in [3.05, 3.63) is 52.2 Å². The van der Waals surface area contributed by atoms with E-state index in [9.17, 15) is 4.79 Å². The third-order valence-electron chi connectivity index (χ3n) is 5.51. The number of nitrogens with zero attached hydrogens (tertiary/aromatic N) is 2. The molecule has 1 N–H and O–H groups in total. The molecular formula is C21H21N3O2S. The summed E-state index contributed by atoms with van der Waals surface area (Å²) in [4.78, 5) is 23.6. The Bertz CT molecular complexity index is 1010. The zero-order valence-corrected chi connectivity index (χ0v) is 15.8. The maximum atomic E-state index is 12.5. The van der Waals surface area contributed by atoms with Gasteiger partial charge in [0.05, 0.1) is 11.4 Å². The third kappa shape index (κ3) is 3.08. The van der Waals surface area contributed by atoms with E-state index in [2.05, 4.69) is 33.5 Å². The largest absolute Gasteiger partial charge is 0.467 e. The molecule has 1 aromatic carbocycles. The van der Waals surface area contributed by atoms with E-state index in [0.717, 1.165) is 42.3 Å². The van der Waals surface area contributed by atoms with Gasteiger partial charge in [0.25, 0.3) is 5.91 Å². The topological polar surface area (TPSA) is 64.1 Å². The number of amides is 1. The monoisotopic (exact) mass is 379 g/mol. The molecule has 3 aromatic rings. The van der Waals surface area contributed by atoms with Gasteiger partial charge in [-0.1, -0.05) is 24.3 Å². The molecule has 2 heterocycles. The number of rotatable bonds is 4. The van der Waals surface area contributed by atoms with Gasteiger partial charge in [-0.15, -0.1) is 11.3 Å². The minimum absolute atomic E-state index is 0.0185. The summed E-state index contributed by atoms with van der Waals surface area (Å²) in [6.45, 7) is -0.0185. The first kappa shape index (κ1) is 16.7. The van der Waals surface area contributed by atoms with E-state index in [1.54, 1.807) is 11.3 Å². The number of benzene rings is 1. The second-order valence-corrected chi connectivity index (χ2v) is 8.30. The highest BCUT2D eigenvalue weighted by molar-refractivity contribution is 7.18. The van der Waals surface area contributed by atoms with E-state index < -0.39 is 0 Å². The Morgan fingerprint density at radius 2 is 2.11 bits per heavy atom. The lowest BCUT2D eigenvalue weighted by atomic mass is 9.88. The lowest BCUT2D eigenvalue weighted by molar-refractivity contribution is -0.124. The van der Waals surface area contributed by atoms with Crippen molar-refractivity contribution in [1.29, 1.82) is 0 Å². The number of aryl methyl sites for hydroxylation is 3. The fourth-order valence-corrected chi connectivity index (χ4v) is 5.50. The van der Waals surface area contributed by atoms with Crippen molar-refractivity contribution in [2.75, 3.05) is 6.61 Å². The number of nitrogens with one attached hydrogen (secondary N) is 1. The Kier molecular flexibility index (Phi) is 4.28. The first-order valence-corrected chi connectivity index (χ1v) is 10.4. The Balaban J connectivity index is 1.30. The number of thiophene rings is 1. The molecule has 0 fully saturated rings. The van der Waals surface area contributed by atoms with Gasteiger partial charge in [-0.25, -0.2) is 9.97 Å². The van der Waals surface area contributed by atoms with Crippen LogP contribution in [0.1, 0.15) is 46.9 Å². The summed E-state index contributed by atoms with van der Waals surface area (Å²) in [5.74, 6) is 0.439. The van der Waals surface area contributed by atoms with E-state index in [1.807, 2.05) is 6.07 Å². The molecule has 2 aliphatic carbocycles. The first-order valence-electron chi connectivity index (χ1n) is 9.55. The number of carbonyl (C=O) groups is 1. The lowest BCUT2D eigenvalue weighted by Gasteiger charge is -2.26. The maximum Gasteiger partial charge on any atom is 0.258 e. The normalized spacial score (nSPS) is 18.1. The quantitative estimate of drug-likeness (QED) is 0.750. The van der Waals surface area contributed by atoms with Crippen LogP contribution in [-0.4, -0.2) is 22.5 Å². The molecule has 138 valence electrons. The van der Waals surface area contributed by atoms with Crippen molar-refractivity contribution >= 4 is 27.5 Å². The van der Waals surface area contributed by atoms with Gasteiger partial charge in [0.2, 0.25) is 5.88 Å². The number of aromatic nitrogens is 2. The predicted molar refractivity (Wildman–Crippen MR) is 105 cm³/mol. The first-order chi connectivity index (χ1) is 13.3. The molecule has 0 aliphatic heterocycles. The summed E-state index contributed by atoms with van der Waals surface area (Å²) in [6.07, 6.45) is 8.00. The van der Waals surface area contributed by atoms with Crippen LogP contribution in [0.15, 0.2) is 30.6 Å². The molecule has 0 saturated carbocycles. The fourth-order valence-electron chi connectivity index (χ4n) is 4.28. The van der Waals surface area contributed by atoms with E-state index in [-0.39, 0.29) is 18.6 Å². The van der Waals surface area contributed by atoms with Gasteiger partial charge in [-0.3, -0.25) is 4.79 Å². The van der Waals surface area contributed by atoms with Crippen molar-refractivity contribution in [3.8, 4) is 5.88 Å². The molecule has 0 unspecified atom stereocenters. The summed E-state index contributed by atoms with van der Waals surface area (Å²) < 4.78 is 5.84. The molecular weight excluding hydrogens is 358 g/mol. The van der Waals surface area contributed by atoms with Gasteiger partial charge in [0.15, 0.2) is 6.61 Å². The minimum Gasteiger partial charge on any atom is -0.467 e. The second kappa shape index (κ2) is 6.93. The average molecular weight is 379 g/mol. The molecule has 0 spiro atoms. The predicted octanol–water partition coefficient (Wildman–Crippen LogP) is 3.75. The summed E-state index contributed by atoms with van der Waals surface area (Å²) in [5.41, 5.74) is 3.88. The van der Waals surface area contributed by atoms with Crippen LogP contribution in [0.2, 0.25) is 0 Å². The highest BCUT2D eigenvalue weighted by atomic mass is 32.1. The Hall–Kier alpha value is -2.47. The van der Waals surface area contributed by atoms with E-state index in [4.69, 9.17) is 4.74 Å². The van der Waals surface area contributed by atoms with Gasteiger partial charge in [0, 0.05) is 4.88 Å². The van der Waals surface area contributed by atoms with Gasteiger partial charge in [-0.05, 0) is 55.2 Å². The molecule has 27 heavy (non-hydrogen) atoms. The Morgan fingerprint density at radius 1 is 1.19 bits per heavy atom. The van der Waals surface area contributed by atoms with Gasteiger partial charge >= 0.3 is 0 Å². The van der Waals surface area contributed by atoms with Gasteiger partial charge in [0.1, 0.15) is 11.2 Å². The van der Waals surface area contributed by atoms with Crippen LogP contribution in [0.25, 0.3) is 10.2 Å². The van der Waals surface area contributed by atoms with E-state index in [1.165, 1.54) is 34.3 Å².